The first kappa shape index (κ1) is 13.2. The van der Waals surface area contributed by atoms with Crippen LogP contribution in [0.15, 0.2) is 12.3 Å². The first-order valence-electron chi connectivity index (χ1n) is 7.04. The maximum atomic E-state index is 9.40. The van der Waals surface area contributed by atoms with Crippen molar-refractivity contribution in [2.24, 2.45) is 5.41 Å². The molecule has 3 heterocycles. The Balaban J connectivity index is 1.91. The zero-order chi connectivity index (χ0) is 14.0. The van der Waals surface area contributed by atoms with Crippen molar-refractivity contribution in [2.75, 3.05) is 38.3 Å². The third kappa shape index (κ3) is 2.20. The first-order chi connectivity index (χ1) is 9.78. The van der Waals surface area contributed by atoms with E-state index in [1.165, 1.54) is 6.42 Å². The third-order valence-electron chi connectivity index (χ3n) is 4.39. The van der Waals surface area contributed by atoms with Gasteiger partial charge in [-0.05, 0) is 25.3 Å². The van der Waals surface area contributed by atoms with Gasteiger partial charge < -0.3 is 14.4 Å². The molecule has 2 fully saturated rings. The van der Waals surface area contributed by atoms with Crippen molar-refractivity contribution in [3.05, 3.63) is 17.8 Å². The van der Waals surface area contributed by atoms with Gasteiger partial charge in [-0.3, -0.25) is 0 Å². The van der Waals surface area contributed by atoms with E-state index in [1.54, 1.807) is 13.3 Å². The Bertz CT molecular complexity index is 532. The molecule has 1 aromatic rings. The highest BCUT2D eigenvalue weighted by molar-refractivity contribution is 5.63. The van der Waals surface area contributed by atoms with Crippen molar-refractivity contribution in [1.82, 2.24) is 4.98 Å². The van der Waals surface area contributed by atoms with Gasteiger partial charge in [0.05, 0.1) is 19.4 Å². The Morgan fingerprint density at radius 1 is 1.50 bits per heavy atom. The third-order valence-corrected chi connectivity index (χ3v) is 4.39. The molecule has 20 heavy (non-hydrogen) atoms. The quantitative estimate of drug-likeness (QED) is 0.824. The van der Waals surface area contributed by atoms with Crippen LogP contribution in [0.5, 0.6) is 5.88 Å². The van der Waals surface area contributed by atoms with Gasteiger partial charge in [-0.25, -0.2) is 4.98 Å². The van der Waals surface area contributed by atoms with Crippen LogP contribution in [0.1, 0.15) is 24.8 Å². The Kier molecular flexibility index (Phi) is 3.49. The molecule has 5 nitrogen and oxygen atoms in total. The predicted octanol–water partition coefficient (Wildman–Crippen LogP) is 1.97. The molecular formula is C15H19N3O2. The lowest BCUT2D eigenvalue weighted by Gasteiger charge is -2.41. The minimum atomic E-state index is 0.265. The minimum absolute atomic E-state index is 0.265. The summed E-state index contributed by atoms with van der Waals surface area (Å²) >= 11 is 0. The molecule has 0 saturated carbocycles. The number of nitriles is 1. The summed E-state index contributed by atoms with van der Waals surface area (Å²) in [5.74, 6) is 0.410. The Labute approximate surface area is 119 Å². The van der Waals surface area contributed by atoms with Gasteiger partial charge in [0.25, 0.3) is 0 Å². The largest absolute Gasteiger partial charge is 0.480 e. The number of ether oxygens (including phenoxy) is 2. The van der Waals surface area contributed by atoms with Gasteiger partial charge in [0.2, 0.25) is 5.88 Å². The average Bonchev–Trinajstić information content (AvgIpc) is 2.94. The van der Waals surface area contributed by atoms with Crippen LogP contribution in [0.25, 0.3) is 0 Å². The Morgan fingerprint density at radius 2 is 2.40 bits per heavy atom. The highest BCUT2D eigenvalue weighted by Gasteiger charge is 2.39. The van der Waals surface area contributed by atoms with Crippen molar-refractivity contribution in [3.8, 4) is 11.9 Å². The summed E-state index contributed by atoms with van der Waals surface area (Å²) in [5, 5.41) is 9.40. The van der Waals surface area contributed by atoms with Crippen LogP contribution in [0.3, 0.4) is 0 Å². The standard InChI is InChI=1S/C15H19N3O2/c1-19-14-12(9-16)13(3-6-17-14)18-7-2-4-15(10-18)5-8-20-11-15/h3,6H,2,4-5,7-8,10-11H2,1H3. The van der Waals surface area contributed by atoms with E-state index in [1.807, 2.05) is 6.07 Å². The van der Waals surface area contributed by atoms with Crippen molar-refractivity contribution >= 4 is 5.69 Å². The molecular weight excluding hydrogens is 254 g/mol. The molecule has 2 aliphatic heterocycles. The maximum absolute atomic E-state index is 9.40. The van der Waals surface area contributed by atoms with E-state index < -0.39 is 0 Å². The monoisotopic (exact) mass is 273 g/mol. The second kappa shape index (κ2) is 5.29. The second-order valence-electron chi connectivity index (χ2n) is 5.65. The highest BCUT2D eigenvalue weighted by Crippen LogP contribution is 2.40. The van der Waals surface area contributed by atoms with Crippen LogP contribution in [0, 0.1) is 16.7 Å². The molecule has 2 aliphatic rings. The normalized spacial score (nSPS) is 25.7. The molecule has 5 heteroatoms. The summed E-state index contributed by atoms with van der Waals surface area (Å²) in [6.45, 7) is 3.63. The van der Waals surface area contributed by atoms with Crippen molar-refractivity contribution in [3.63, 3.8) is 0 Å². The summed E-state index contributed by atoms with van der Waals surface area (Å²) in [5.41, 5.74) is 1.73. The van der Waals surface area contributed by atoms with E-state index in [0.29, 0.717) is 11.4 Å². The van der Waals surface area contributed by atoms with E-state index in [0.717, 1.165) is 44.8 Å². The Morgan fingerprint density at radius 3 is 3.10 bits per heavy atom. The number of hydrogen-bond acceptors (Lipinski definition) is 5. The summed E-state index contributed by atoms with van der Waals surface area (Å²) in [6, 6.07) is 4.14. The number of pyridine rings is 1. The molecule has 0 bridgehead atoms. The molecule has 0 aromatic carbocycles. The molecule has 1 aromatic heterocycles. The van der Waals surface area contributed by atoms with Gasteiger partial charge in [-0.2, -0.15) is 5.26 Å². The molecule has 0 N–H and O–H groups in total. The summed E-state index contributed by atoms with van der Waals surface area (Å²) in [4.78, 5) is 6.41. The molecule has 0 radical (unpaired) electrons. The van der Waals surface area contributed by atoms with Crippen LogP contribution in [0.2, 0.25) is 0 Å². The van der Waals surface area contributed by atoms with E-state index in [9.17, 15) is 5.26 Å². The molecule has 1 unspecified atom stereocenters. The van der Waals surface area contributed by atoms with Crippen LogP contribution in [-0.2, 0) is 4.74 Å². The molecule has 106 valence electrons. The van der Waals surface area contributed by atoms with Gasteiger partial charge >= 0.3 is 0 Å². The number of piperidine rings is 1. The summed E-state index contributed by atoms with van der Waals surface area (Å²) in [7, 11) is 1.55. The molecule has 3 rings (SSSR count). The van der Waals surface area contributed by atoms with Crippen LogP contribution >= 0.6 is 0 Å². The van der Waals surface area contributed by atoms with Gasteiger partial charge in [-0.15, -0.1) is 0 Å². The molecule has 0 aliphatic carbocycles. The van der Waals surface area contributed by atoms with Gasteiger partial charge in [0.1, 0.15) is 11.6 Å². The van der Waals surface area contributed by atoms with Crippen LogP contribution in [0.4, 0.5) is 5.69 Å². The predicted molar refractivity (Wildman–Crippen MR) is 74.8 cm³/mol. The lowest BCUT2D eigenvalue weighted by Crippen LogP contribution is -2.44. The number of hydrogen-bond donors (Lipinski definition) is 0. The van der Waals surface area contributed by atoms with E-state index in [2.05, 4.69) is 16.0 Å². The topological polar surface area (TPSA) is 58.4 Å². The Hall–Kier alpha value is -1.80. The number of nitrogens with zero attached hydrogens (tertiary/aromatic N) is 3. The maximum Gasteiger partial charge on any atom is 0.233 e. The van der Waals surface area contributed by atoms with E-state index in [-0.39, 0.29) is 5.41 Å². The summed E-state index contributed by atoms with van der Waals surface area (Å²) < 4.78 is 10.8. The molecule has 1 spiro atoms. The minimum Gasteiger partial charge on any atom is -0.480 e. The van der Waals surface area contributed by atoms with Gasteiger partial charge in [-0.1, -0.05) is 0 Å². The number of aromatic nitrogens is 1. The number of rotatable bonds is 2. The van der Waals surface area contributed by atoms with E-state index >= 15 is 0 Å². The smallest absolute Gasteiger partial charge is 0.233 e. The lowest BCUT2D eigenvalue weighted by molar-refractivity contribution is 0.139. The first-order valence-corrected chi connectivity index (χ1v) is 7.04. The van der Waals surface area contributed by atoms with Crippen molar-refractivity contribution in [2.45, 2.75) is 19.3 Å². The SMILES string of the molecule is COc1nccc(N2CCCC3(CCOC3)C2)c1C#N. The second-order valence-corrected chi connectivity index (χ2v) is 5.65. The highest BCUT2D eigenvalue weighted by atomic mass is 16.5. The fourth-order valence-corrected chi connectivity index (χ4v) is 3.34. The van der Waals surface area contributed by atoms with Crippen LogP contribution in [-0.4, -0.2) is 38.4 Å². The zero-order valence-corrected chi connectivity index (χ0v) is 11.8. The summed E-state index contributed by atoms with van der Waals surface area (Å²) in [6.07, 6.45) is 5.18. The van der Waals surface area contributed by atoms with Crippen molar-refractivity contribution < 1.29 is 9.47 Å². The molecule has 0 amide bonds. The lowest BCUT2D eigenvalue weighted by atomic mass is 9.79. The molecule has 2 saturated heterocycles. The van der Waals surface area contributed by atoms with Crippen molar-refractivity contribution in [1.29, 1.82) is 5.26 Å². The zero-order valence-electron chi connectivity index (χ0n) is 11.8. The number of methoxy groups -OCH3 is 1. The van der Waals surface area contributed by atoms with E-state index in [4.69, 9.17) is 9.47 Å². The molecule has 1 atom stereocenters. The average molecular weight is 273 g/mol. The van der Waals surface area contributed by atoms with Crippen LogP contribution < -0.4 is 9.64 Å². The fraction of sp³-hybridized carbons (Fsp3) is 0.600. The van der Waals surface area contributed by atoms with Gasteiger partial charge in [0.15, 0.2) is 0 Å². The fourth-order valence-electron chi connectivity index (χ4n) is 3.34. The number of anilines is 1. The van der Waals surface area contributed by atoms with Gasteiger partial charge in [0, 0.05) is 31.3 Å².